The highest BCUT2D eigenvalue weighted by atomic mass is 16.2. The van der Waals surface area contributed by atoms with Gasteiger partial charge in [-0.15, -0.1) is 0 Å². The summed E-state index contributed by atoms with van der Waals surface area (Å²) in [7, 11) is 1.65. The third-order valence-corrected chi connectivity index (χ3v) is 4.49. The molecule has 1 N–H and O–H groups in total. The molecular formula is C20H19N3O4. The van der Waals surface area contributed by atoms with Crippen molar-refractivity contribution in [2.75, 3.05) is 0 Å². The number of nitrogens with zero attached hydrogens (tertiary/aromatic N) is 2. The van der Waals surface area contributed by atoms with Crippen LogP contribution in [0.1, 0.15) is 37.3 Å². The molecule has 1 fully saturated rings. The second kappa shape index (κ2) is 7.87. The fraction of sp³-hybridized carbons (Fsp3) is 0.300. The van der Waals surface area contributed by atoms with Crippen LogP contribution in [-0.4, -0.2) is 27.2 Å². The highest BCUT2D eigenvalue weighted by molar-refractivity contribution is 6.00. The van der Waals surface area contributed by atoms with E-state index in [-0.39, 0.29) is 18.0 Å². The van der Waals surface area contributed by atoms with E-state index in [4.69, 9.17) is 0 Å². The van der Waals surface area contributed by atoms with E-state index >= 15 is 0 Å². The fourth-order valence-electron chi connectivity index (χ4n) is 3.14. The molecule has 2 heterocycles. The van der Waals surface area contributed by atoms with E-state index in [1.54, 1.807) is 25.3 Å². The van der Waals surface area contributed by atoms with Crippen molar-refractivity contribution in [2.45, 2.75) is 31.7 Å². The molecule has 0 radical (unpaired) electrons. The molecule has 2 aromatic rings. The van der Waals surface area contributed by atoms with Crippen molar-refractivity contribution in [1.82, 2.24) is 14.5 Å². The third kappa shape index (κ3) is 3.75. The Morgan fingerprint density at radius 1 is 1.26 bits per heavy atom. The number of imidazole rings is 1. The zero-order valence-electron chi connectivity index (χ0n) is 14.9. The third-order valence-electron chi connectivity index (χ3n) is 4.49. The molecule has 1 aliphatic heterocycles. The molecule has 27 heavy (non-hydrogen) atoms. The Labute approximate surface area is 155 Å². The summed E-state index contributed by atoms with van der Waals surface area (Å²) in [6, 6.07) is 4.70. The number of aromatic nitrogens is 2. The molecule has 0 aliphatic carbocycles. The Morgan fingerprint density at radius 2 is 2.07 bits per heavy atom. The summed E-state index contributed by atoms with van der Waals surface area (Å²) < 4.78 is 2.93. The summed E-state index contributed by atoms with van der Waals surface area (Å²) >= 11 is 0. The number of piperidine rings is 1. The minimum atomic E-state index is -0.694. The maximum Gasteiger partial charge on any atom is 0.329 e. The van der Waals surface area contributed by atoms with Gasteiger partial charge in [-0.3, -0.25) is 28.8 Å². The van der Waals surface area contributed by atoms with Gasteiger partial charge in [0.25, 0.3) is 0 Å². The molecule has 0 saturated carbocycles. The first kappa shape index (κ1) is 18.4. The second-order valence-electron chi connectivity index (χ2n) is 6.29. The average Bonchev–Trinajstić information content (AvgIpc) is 2.89. The summed E-state index contributed by atoms with van der Waals surface area (Å²) in [5.41, 5.74) is 1.77. The Balaban J connectivity index is 1.92. The molecule has 7 heteroatoms. The number of carbonyl (C=O) groups is 3. The van der Waals surface area contributed by atoms with E-state index in [1.807, 2.05) is 6.07 Å². The Kier molecular flexibility index (Phi) is 5.36. The predicted octanol–water partition coefficient (Wildman–Crippen LogP) is 1.20. The minimum Gasteiger partial charge on any atom is -0.299 e. The van der Waals surface area contributed by atoms with Crippen molar-refractivity contribution < 1.29 is 14.4 Å². The van der Waals surface area contributed by atoms with Crippen molar-refractivity contribution in [3.63, 3.8) is 0 Å². The minimum absolute atomic E-state index is 0.210. The van der Waals surface area contributed by atoms with Crippen LogP contribution in [0.4, 0.5) is 0 Å². The van der Waals surface area contributed by atoms with Crippen LogP contribution >= 0.6 is 0 Å². The molecule has 0 spiro atoms. The Bertz CT molecular complexity index is 1060. The number of nitrogens with one attached hydrogen (secondary N) is 1. The molecule has 138 valence electrons. The van der Waals surface area contributed by atoms with Gasteiger partial charge in [-0.2, -0.15) is 0 Å². The smallest absolute Gasteiger partial charge is 0.299 e. The van der Waals surface area contributed by atoms with E-state index in [0.29, 0.717) is 30.3 Å². The zero-order chi connectivity index (χ0) is 19.4. The molecule has 1 aromatic carbocycles. The number of amides is 2. The topological polar surface area (TPSA) is 90.2 Å². The highest BCUT2D eigenvalue weighted by Crippen LogP contribution is 2.23. The average molecular weight is 365 g/mol. The number of hydrogen-bond donors (Lipinski definition) is 1. The van der Waals surface area contributed by atoms with Crippen LogP contribution in [-0.2, 0) is 21.4 Å². The van der Waals surface area contributed by atoms with Crippen LogP contribution in [0.25, 0.3) is 11.0 Å². The monoisotopic (exact) mass is 365 g/mol. The lowest BCUT2D eigenvalue weighted by atomic mass is 10.1. The molecule has 1 atom stereocenters. The van der Waals surface area contributed by atoms with Crippen molar-refractivity contribution in [3.05, 3.63) is 46.4 Å². The summed E-state index contributed by atoms with van der Waals surface area (Å²) in [4.78, 5) is 46.4. The molecule has 1 unspecified atom stereocenters. The second-order valence-corrected chi connectivity index (χ2v) is 6.29. The number of imide groups is 1. The molecule has 1 aromatic heterocycles. The van der Waals surface area contributed by atoms with Gasteiger partial charge in [-0.05, 0) is 37.1 Å². The Morgan fingerprint density at radius 3 is 2.81 bits per heavy atom. The number of benzene rings is 1. The fourth-order valence-corrected chi connectivity index (χ4v) is 3.14. The van der Waals surface area contributed by atoms with Crippen molar-refractivity contribution in [2.24, 2.45) is 7.05 Å². The molecule has 0 bridgehead atoms. The Hall–Kier alpha value is -3.40. The summed E-state index contributed by atoms with van der Waals surface area (Å²) in [5.74, 6) is 5.31. The number of unbranched alkanes of at least 4 members (excludes halogenated alkanes) is 1. The zero-order valence-corrected chi connectivity index (χ0v) is 14.9. The largest absolute Gasteiger partial charge is 0.329 e. The lowest BCUT2D eigenvalue weighted by Gasteiger charge is -2.21. The van der Waals surface area contributed by atoms with E-state index in [9.17, 15) is 19.2 Å². The van der Waals surface area contributed by atoms with Gasteiger partial charge in [0.05, 0.1) is 11.0 Å². The molecule has 3 rings (SSSR count). The molecule has 2 amide bonds. The van der Waals surface area contributed by atoms with Crippen LogP contribution in [0.3, 0.4) is 0 Å². The lowest BCUT2D eigenvalue weighted by molar-refractivity contribution is -0.135. The molecule has 1 aliphatic rings. The van der Waals surface area contributed by atoms with Crippen molar-refractivity contribution in [3.8, 4) is 11.8 Å². The summed E-state index contributed by atoms with van der Waals surface area (Å²) in [5, 5.41) is 2.29. The number of rotatable bonds is 4. The van der Waals surface area contributed by atoms with Crippen LogP contribution in [0.15, 0.2) is 35.1 Å². The molecular weight excluding hydrogens is 346 g/mol. The van der Waals surface area contributed by atoms with Crippen LogP contribution in [0.5, 0.6) is 0 Å². The van der Waals surface area contributed by atoms with Gasteiger partial charge in [0.2, 0.25) is 11.8 Å². The molecule has 7 nitrogen and oxygen atoms in total. The van der Waals surface area contributed by atoms with Crippen LogP contribution < -0.4 is 11.0 Å². The summed E-state index contributed by atoms with van der Waals surface area (Å²) in [6.45, 7) is 0. The maximum absolute atomic E-state index is 12.7. The van der Waals surface area contributed by atoms with Gasteiger partial charge < -0.3 is 0 Å². The number of carbonyl (C=O) groups excluding carboxylic acids is 3. The number of allylic oxidation sites excluding steroid dienone is 2. The normalized spacial score (nSPS) is 17.0. The van der Waals surface area contributed by atoms with Crippen molar-refractivity contribution in [1.29, 1.82) is 0 Å². The maximum atomic E-state index is 12.7. The van der Waals surface area contributed by atoms with Gasteiger partial charge in [-0.1, -0.05) is 17.9 Å². The van der Waals surface area contributed by atoms with E-state index in [1.165, 1.54) is 15.2 Å². The number of fused-ring (bicyclic) bond motifs is 1. The van der Waals surface area contributed by atoms with Gasteiger partial charge in [-0.25, -0.2) is 4.79 Å². The quantitative estimate of drug-likeness (QED) is 0.290. The lowest BCUT2D eigenvalue weighted by Crippen LogP contribution is -2.44. The standard InChI is InChI=1S/C20H19N3O4/c1-22-17-13-14(7-5-3-2-4-6-12-24)8-9-15(17)23(20(22)27)16-10-11-18(25)21-19(16)26/h4,6,8-9,12-13,16H,2-3,10-11H2,1H3,(H,21,25,26). The molecule has 1 saturated heterocycles. The number of aldehydes is 1. The van der Waals surface area contributed by atoms with E-state index in [0.717, 1.165) is 11.8 Å². The predicted molar refractivity (Wildman–Crippen MR) is 99.9 cm³/mol. The SMILES string of the molecule is Cn1c(=O)n(C2CCC(=O)NC2=O)c2ccc(C#CCCC=CC=O)cc21. The van der Waals surface area contributed by atoms with Crippen LogP contribution in [0, 0.1) is 11.8 Å². The summed E-state index contributed by atoms with van der Waals surface area (Å²) in [6.07, 6.45) is 5.77. The van der Waals surface area contributed by atoms with Gasteiger partial charge in [0, 0.05) is 25.5 Å². The van der Waals surface area contributed by atoms with E-state index in [2.05, 4.69) is 17.2 Å². The van der Waals surface area contributed by atoms with Gasteiger partial charge >= 0.3 is 5.69 Å². The van der Waals surface area contributed by atoms with Gasteiger partial charge in [0.1, 0.15) is 12.3 Å². The highest BCUT2D eigenvalue weighted by Gasteiger charge is 2.31. The first-order valence-electron chi connectivity index (χ1n) is 8.66. The first-order chi connectivity index (χ1) is 13.0. The van der Waals surface area contributed by atoms with Crippen molar-refractivity contribution >= 4 is 29.1 Å². The van der Waals surface area contributed by atoms with E-state index < -0.39 is 11.9 Å². The van der Waals surface area contributed by atoms with Gasteiger partial charge in [0.15, 0.2) is 0 Å². The number of aryl methyl sites for hydroxylation is 1. The first-order valence-corrected chi connectivity index (χ1v) is 8.66. The number of hydrogen-bond acceptors (Lipinski definition) is 4. The van der Waals surface area contributed by atoms with Crippen LogP contribution in [0.2, 0.25) is 0 Å².